The third kappa shape index (κ3) is 1.48. The first kappa shape index (κ1) is 13.4. The molecule has 2 heterocycles. The van der Waals surface area contributed by atoms with Crippen molar-refractivity contribution in [1.29, 1.82) is 0 Å². The summed E-state index contributed by atoms with van der Waals surface area (Å²) >= 11 is 1.80. The summed E-state index contributed by atoms with van der Waals surface area (Å²) in [6.07, 6.45) is 2.76. The van der Waals surface area contributed by atoms with Gasteiger partial charge < -0.3 is 9.31 Å². The first-order chi connectivity index (χ1) is 9.34. The van der Waals surface area contributed by atoms with Crippen LogP contribution in [-0.4, -0.2) is 18.8 Å². The van der Waals surface area contributed by atoms with Crippen molar-refractivity contribution < 1.29 is 9.31 Å². The summed E-state index contributed by atoms with van der Waals surface area (Å²) in [6.45, 7) is 11.4. The van der Waals surface area contributed by atoms with Gasteiger partial charge in [0.25, 0.3) is 0 Å². The van der Waals surface area contributed by atoms with Crippen molar-refractivity contribution in [3.8, 4) is 0 Å². The van der Waals surface area contributed by atoms with E-state index in [0.29, 0.717) is 11.3 Å². The van der Waals surface area contributed by atoms with Crippen molar-refractivity contribution in [2.45, 2.75) is 59.2 Å². The van der Waals surface area contributed by atoms with Crippen molar-refractivity contribution in [2.75, 3.05) is 0 Å². The number of rotatable bonds is 1. The summed E-state index contributed by atoms with van der Waals surface area (Å²) in [5.41, 5.74) is 2.92. The third-order valence-electron chi connectivity index (χ3n) is 6.40. The highest BCUT2D eigenvalue weighted by atomic mass is 32.1. The number of hydrogen-bond donors (Lipinski definition) is 0. The van der Waals surface area contributed by atoms with Gasteiger partial charge in [-0.2, -0.15) is 0 Å². The molecule has 4 heteroatoms. The van der Waals surface area contributed by atoms with Crippen LogP contribution in [0.25, 0.3) is 0 Å². The van der Waals surface area contributed by atoms with E-state index in [1.165, 1.54) is 28.7 Å². The van der Waals surface area contributed by atoms with Gasteiger partial charge in [-0.25, -0.2) is 0 Å². The lowest BCUT2D eigenvalue weighted by Crippen LogP contribution is -2.65. The molecule has 0 spiro atoms. The summed E-state index contributed by atoms with van der Waals surface area (Å²) < 4.78 is 12.9. The van der Waals surface area contributed by atoms with E-state index in [4.69, 9.17) is 9.31 Å². The van der Waals surface area contributed by atoms with Crippen LogP contribution in [0.2, 0.25) is 0 Å². The fourth-order valence-electron chi connectivity index (χ4n) is 4.92. The van der Waals surface area contributed by atoms with Gasteiger partial charge in [0.15, 0.2) is 0 Å². The lowest BCUT2D eigenvalue weighted by molar-refractivity contribution is -0.199. The van der Waals surface area contributed by atoms with Crippen LogP contribution in [0.4, 0.5) is 0 Å². The molecule has 20 heavy (non-hydrogen) atoms. The number of aryl methyl sites for hydroxylation is 2. The number of hydrogen-bond acceptors (Lipinski definition) is 3. The van der Waals surface area contributed by atoms with Gasteiger partial charge in [0, 0.05) is 4.88 Å². The lowest BCUT2D eigenvalue weighted by atomic mass is 9.43. The minimum Gasteiger partial charge on any atom is -0.401 e. The van der Waals surface area contributed by atoms with Gasteiger partial charge in [-0.05, 0) is 67.3 Å². The zero-order valence-corrected chi connectivity index (χ0v) is 13.8. The molecule has 4 fully saturated rings. The van der Waals surface area contributed by atoms with Crippen molar-refractivity contribution in [3.63, 3.8) is 0 Å². The fraction of sp³-hybridized carbons (Fsp3) is 0.750. The first-order valence-electron chi connectivity index (χ1n) is 7.72. The Hall–Kier alpha value is -0.315. The van der Waals surface area contributed by atoms with Crippen LogP contribution in [0.1, 0.15) is 44.1 Å². The normalized spacial score (nSPS) is 41.5. The Morgan fingerprint density at radius 1 is 1.25 bits per heavy atom. The average molecular weight is 290 g/mol. The van der Waals surface area contributed by atoms with Crippen molar-refractivity contribution in [1.82, 2.24) is 0 Å². The molecule has 3 saturated carbocycles. The largest absolute Gasteiger partial charge is 0.496 e. The van der Waals surface area contributed by atoms with E-state index in [9.17, 15) is 0 Å². The highest BCUT2D eigenvalue weighted by Crippen LogP contribution is 2.65. The maximum Gasteiger partial charge on any atom is 0.496 e. The second-order valence-corrected chi connectivity index (χ2v) is 8.77. The Kier molecular flexibility index (Phi) is 2.61. The summed E-state index contributed by atoms with van der Waals surface area (Å²) in [6, 6.07) is 0. The van der Waals surface area contributed by atoms with E-state index in [1.54, 1.807) is 11.3 Å². The Bertz CT molecular complexity index is 547. The fourth-order valence-corrected chi connectivity index (χ4v) is 5.79. The van der Waals surface area contributed by atoms with Crippen molar-refractivity contribution >= 4 is 23.9 Å². The van der Waals surface area contributed by atoms with Gasteiger partial charge >= 0.3 is 7.12 Å². The van der Waals surface area contributed by atoms with E-state index >= 15 is 0 Å². The Labute approximate surface area is 126 Å². The molecule has 2 bridgehead atoms. The molecule has 0 radical (unpaired) electrons. The zero-order chi connectivity index (χ0) is 14.3. The van der Waals surface area contributed by atoms with Crippen LogP contribution in [-0.2, 0) is 9.31 Å². The Morgan fingerprint density at radius 3 is 2.60 bits per heavy atom. The summed E-state index contributed by atoms with van der Waals surface area (Å²) in [4.78, 5) is 1.33. The molecule has 0 N–H and O–H groups in total. The van der Waals surface area contributed by atoms with Gasteiger partial charge in [0.05, 0.1) is 11.7 Å². The summed E-state index contributed by atoms with van der Waals surface area (Å²) in [5, 5.41) is 2.21. The molecule has 108 valence electrons. The zero-order valence-electron chi connectivity index (χ0n) is 13.0. The second kappa shape index (κ2) is 3.90. The van der Waals surface area contributed by atoms with E-state index in [2.05, 4.69) is 40.0 Å². The van der Waals surface area contributed by atoms with Gasteiger partial charge in [0.1, 0.15) is 0 Å². The molecule has 1 aromatic rings. The van der Waals surface area contributed by atoms with Gasteiger partial charge in [-0.3, -0.25) is 0 Å². The highest BCUT2D eigenvalue weighted by Gasteiger charge is 2.68. The second-order valence-electron chi connectivity index (χ2n) is 7.69. The third-order valence-corrected chi connectivity index (χ3v) is 7.45. The monoisotopic (exact) mass is 290 g/mol. The molecule has 1 aromatic heterocycles. The Balaban J connectivity index is 1.68. The van der Waals surface area contributed by atoms with E-state index in [-0.39, 0.29) is 18.8 Å². The molecule has 0 amide bonds. The topological polar surface area (TPSA) is 18.5 Å². The SMILES string of the molecule is Cc1csc(C)c1B1O[C@H]2C[C@H]3C[C@@H](C3(C)C)[C@@]2(C)O1. The van der Waals surface area contributed by atoms with E-state index in [0.717, 1.165) is 5.92 Å². The molecule has 0 aromatic carbocycles. The van der Waals surface area contributed by atoms with Crippen molar-refractivity contribution in [2.24, 2.45) is 17.3 Å². The van der Waals surface area contributed by atoms with Crippen LogP contribution in [0.3, 0.4) is 0 Å². The minimum atomic E-state index is -0.147. The Morgan fingerprint density at radius 2 is 2.00 bits per heavy atom. The standard InChI is InChI=1S/C16H23BO2S/c1-9-8-20-10(2)14(9)17-18-13-7-11-6-12(15(11,3)4)16(13,5)19-17/h8,11-13H,6-7H2,1-5H3/t11-,12+,13+,16-/m1/s1. The molecule has 1 aliphatic heterocycles. The highest BCUT2D eigenvalue weighted by molar-refractivity contribution is 7.11. The summed E-state index contributed by atoms with van der Waals surface area (Å²) in [5.74, 6) is 1.46. The molecule has 5 rings (SSSR count). The van der Waals surface area contributed by atoms with Gasteiger partial charge in [0.2, 0.25) is 0 Å². The molecular formula is C16H23BO2S. The molecule has 4 aliphatic rings. The average Bonchev–Trinajstić information content (AvgIpc) is 2.87. The molecule has 4 atom stereocenters. The predicted molar refractivity (Wildman–Crippen MR) is 83.5 cm³/mol. The molecule has 2 nitrogen and oxygen atoms in total. The molecule has 0 unspecified atom stereocenters. The van der Waals surface area contributed by atoms with Crippen molar-refractivity contribution in [3.05, 3.63) is 15.8 Å². The van der Waals surface area contributed by atoms with E-state index < -0.39 is 0 Å². The first-order valence-corrected chi connectivity index (χ1v) is 8.60. The number of thiophene rings is 1. The van der Waals surface area contributed by atoms with Crippen LogP contribution in [0, 0.1) is 31.1 Å². The van der Waals surface area contributed by atoms with Crippen LogP contribution in [0.15, 0.2) is 5.38 Å². The molecular weight excluding hydrogens is 267 g/mol. The maximum absolute atomic E-state index is 6.53. The quantitative estimate of drug-likeness (QED) is 0.739. The van der Waals surface area contributed by atoms with Gasteiger partial charge in [-0.1, -0.05) is 13.8 Å². The van der Waals surface area contributed by atoms with Crippen LogP contribution in [0.5, 0.6) is 0 Å². The lowest BCUT2D eigenvalue weighted by Gasteiger charge is -2.64. The molecule has 1 saturated heterocycles. The predicted octanol–water partition coefficient (Wildman–Crippen LogP) is 3.30. The smallest absolute Gasteiger partial charge is 0.401 e. The van der Waals surface area contributed by atoms with Crippen LogP contribution < -0.4 is 5.46 Å². The summed E-state index contributed by atoms with van der Waals surface area (Å²) in [7, 11) is -0.147. The minimum absolute atomic E-state index is 0.0935. The molecule has 3 aliphatic carbocycles. The maximum atomic E-state index is 6.53. The van der Waals surface area contributed by atoms with E-state index in [1.807, 2.05) is 0 Å². The van der Waals surface area contributed by atoms with Crippen LogP contribution >= 0.6 is 11.3 Å². The van der Waals surface area contributed by atoms with Gasteiger partial charge in [-0.15, -0.1) is 11.3 Å².